The third-order valence-electron chi connectivity index (χ3n) is 1.96. The minimum absolute atomic E-state index is 0.200. The molecule has 2 N–H and O–H groups in total. The van der Waals surface area contributed by atoms with Gasteiger partial charge in [-0.3, -0.25) is 10.1 Å². The zero-order valence-electron chi connectivity index (χ0n) is 10.3. The fourth-order valence-electron chi connectivity index (χ4n) is 1.12. The molecular formula is C11H9BrClF3N2O3. The Morgan fingerprint density at radius 1 is 1.33 bits per heavy atom. The Morgan fingerprint density at radius 2 is 2.00 bits per heavy atom. The van der Waals surface area contributed by atoms with Gasteiger partial charge in [0.15, 0.2) is 6.61 Å². The van der Waals surface area contributed by atoms with Crippen LogP contribution in [0.4, 0.5) is 18.0 Å². The van der Waals surface area contributed by atoms with Gasteiger partial charge >= 0.3 is 12.2 Å². The van der Waals surface area contributed by atoms with E-state index >= 15 is 0 Å². The first kappa shape index (κ1) is 17.6. The Morgan fingerprint density at radius 3 is 2.57 bits per heavy atom. The van der Waals surface area contributed by atoms with Crippen LogP contribution in [0, 0.1) is 0 Å². The number of carbonyl (C=O) groups excluding carboxylic acids is 2. The fourth-order valence-corrected chi connectivity index (χ4v) is 1.85. The van der Waals surface area contributed by atoms with E-state index in [-0.39, 0.29) is 10.8 Å². The Bertz CT molecular complexity index is 540. The van der Waals surface area contributed by atoms with Gasteiger partial charge in [0.05, 0.1) is 5.02 Å². The molecular weight excluding hydrogens is 380 g/mol. The average Bonchev–Trinajstić information content (AvgIpc) is 2.34. The lowest BCUT2D eigenvalue weighted by Gasteiger charge is -2.10. The van der Waals surface area contributed by atoms with Gasteiger partial charge in [0.2, 0.25) is 0 Å². The first-order valence-electron chi connectivity index (χ1n) is 5.39. The second-order valence-corrected chi connectivity index (χ2v) is 5.03. The van der Waals surface area contributed by atoms with Gasteiger partial charge in [0, 0.05) is 4.47 Å². The molecule has 0 saturated carbocycles. The summed E-state index contributed by atoms with van der Waals surface area (Å²) in [7, 11) is 0. The monoisotopic (exact) mass is 388 g/mol. The van der Waals surface area contributed by atoms with Gasteiger partial charge in [0.1, 0.15) is 12.3 Å². The summed E-state index contributed by atoms with van der Waals surface area (Å²) < 4.78 is 41.2. The number of urea groups is 1. The maximum atomic E-state index is 11.8. The molecule has 1 aromatic carbocycles. The molecule has 0 fully saturated rings. The standard InChI is InChI=1S/C11H9BrClF3N2O3/c12-6-1-2-8(7(13)3-6)21-4-9(19)18-10(20)17-5-11(14,15)16/h1-3H,4-5H2,(H2,17,18,19,20). The van der Waals surface area contributed by atoms with Crippen molar-refractivity contribution < 1.29 is 27.5 Å². The molecule has 3 amide bonds. The second kappa shape index (κ2) is 7.51. The molecule has 1 rings (SSSR count). The molecule has 0 aliphatic rings. The number of halogens is 5. The molecule has 0 atom stereocenters. The molecule has 0 aliphatic carbocycles. The summed E-state index contributed by atoms with van der Waals surface area (Å²) in [6.07, 6.45) is -4.55. The molecule has 0 aromatic heterocycles. The van der Waals surface area contributed by atoms with Gasteiger partial charge in [-0.15, -0.1) is 0 Å². The maximum absolute atomic E-state index is 11.8. The SMILES string of the molecule is O=C(COc1ccc(Br)cc1Cl)NC(=O)NCC(F)(F)F. The van der Waals surface area contributed by atoms with E-state index in [9.17, 15) is 22.8 Å². The zero-order valence-corrected chi connectivity index (χ0v) is 12.6. The number of nitrogens with one attached hydrogen (secondary N) is 2. The number of hydrogen-bond acceptors (Lipinski definition) is 3. The second-order valence-electron chi connectivity index (χ2n) is 3.71. The van der Waals surface area contributed by atoms with Gasteiger partial charge in [-0.2, -0.15) is 13.2 Å². The van der Waals surface area contributed by atoms with Crippen LogP contribution < -0.4 is 15.4 Å². The van der Waals surface area contributed by atoms with Crippen LogP contribution in [0.15, 0.2) is 22.7 Å². The van der Waals surface area contributed by atoms with Crippen molar-refractivity contribution in [1.82, 2.24) is 10.6 Å². The van der Waals surface area contributed by atoms with Gasteiger partial charge in [-0.25, -0.2) is 4.79 Å². The normalized spacial score (nSPS) is 10.9. The highest BCUT2D eigenvalue weighted by atomic mass is 79.9. The first-order chi connectivity index (χ1) is 9.67. The maximum Gasteiger partial charge on any atom is 0.405 e. The van der Waals surface area contributed by atoms with Gasteiger partial charge in [-0.1, -0.05) is 27.5 Å². The molecule has 1 aromatic rings. The van der Waals surface area contributed by atoms with Crippen LogP contribution in [0.5, 0.6) is 5.75 Å². The molecule has 0 spiro atoms. The number of benzene rings is 1. The van der Waals surface area contributed by atoms with Gasteiger partial charge in [-0.05, 0) is 18.2 Å². The first-order valence-corrected chi connectivity index (χ1v) is 6.57. The number of carbonyl (C=O) groups is 2. The van der Waals surface area contributed by atoms with Crippen molar-refractivity contribution in [3.63, 3.8) is 0 Å². The lowest BCUT2D eigenvalue weighted by Crippen LogP contribution is -2.44. The summed E-state index contributed by atoms with van der Waals surface area (Å²) in [6, 6.07) is 3.38. The minimum atomic E-state index is -4.55. The van der Waals surface area contributed by atoms with E-state index in [1.54, 1.807) is 11.4 Å². The lowest BCUT2D eigenvalue weighted by molar-refractivity contribution is -0.125. The molecule has 0 saturated heterocycles. The summed E-state index contributed by atoms with van der Waals surface area (Å²) in [4.78, 5) is 22.3. The van der Waals surface area contributed by atoms with Crippen LogP contribution in [0.2, 0.25) is 5.02 Å². The Kier molecular flexibility index (Phi) is 6.28. The van der Waals surface area contributed by atoms with Gasteiger partial charge in [0.25, 0.3) is 5.91 Å². The zero-order chi connectivity index (χ0) is 16.0. The summed E-state index contributed by atoms with van der Waals surface area (Å²) in [5.74, 6) is -0.709. The average molecular weight is 390 g/mol. The van der Waals surface area contributed by atoms with Crippen molar-refractivity contribution in [1.29, 1.82) is 0 Å². The predicted octanol–water partition coefficient (Wildman–Crippen LogP) is 2.87. The summed E-state index contributed by atoms with van der Waals surface area (Å²) >= 11 is 9.01. The summed E-state index contributed by atoms with van der Waals surface area (Å²) in [5.41, 5.74) is 0. The minimum Gasteiger partial charge on any atom is -0.482 e. The number of amides is 3. The van der Waals surface area contributed by atoms with Crippen LogP contribution in [-0.2, 0) is 4.79 Å². The Labute approximate surface area is 130 Å². The topological polar surface area (TPSA) is 67.4 Å². The largest absolute Gasteiger partial charge is 0.482 e. The number of rotatable bonds is 4. The van der Waals surface area contributed by atoms with Crippen molar-refractivity contribution in [2.75, 3.05) is 13.2 Å². The Balaban J connectivity index is 2.39. The van der Waals surface area contributed by atoms with E-state index in [1.807, 2.05) is 0 Å². The summed E-state index contributed by atoms with van der Waals surface area (Å²) in [5, 5.41) is 3.41. The van der Waals surface area contributed by atoms with E-state index < -0.39 is 31.3 Å². The summed E-state index contributed by atoms with van der Waals surface area (Å²) in [6.45, 7) is -2.10. The van der Waals surface area contributed by atoms with E-state index in [0.717, 1.165) is 0 Å². The van der Waals surface area contributed by atoms with Crippen LogP contribution in [0.25, 0.3) is 0 Å². The molecule has 0 heterocycles. The molecule has 10 heteroatoms. The van der Waals surface area contributed by atoms with Crippen molar-refractivity contribution in [2.45, 2.75) is 6.18 Å². The molecule has 0 radical (unpaired) electrons. The Hall–Kier alpha value is -1.48. The lowest BCUT2D eigenvalue weighted by atomic mass is 10.3. The van der Waals surface area contributed by atoms with Crippen molar-refractivity contribution in [3.05, 3.63) is 27.7 Å². The fraction of sp³-hybridized carbons (Fsp3) is 0.273. The van der Waals surface area contributed by atoms with E-state index in [2.05, 4.69) is 15.9 Å². The highest BCUT2D eigenvalue weighted by Gasteiger charge is 2.27. The molecule has 0 unspecified atom stereocenters. The van der Waals surface area contributed by atoms with Crippen LogP contribution in [0.3, 0.4) is 0 Å². The smallest absolute Gasteiger partial charge is 0.405 e. The van der Waals surface area contributed by atoms with E-state index in [4.69, 9.17) is 16.3 Å². The molecule has 5 nitrogen and oxygen atoms in total. The van der Waals surface area contributed by atoms with E-state index in [1.165, 1.54) is 17.4 Å². The number of hydrogen-bond donors (Lipinski definition) is 2. The molecule has 0 aliphatic heterocycles. The van der Waals surface area contributed by atoms with Crippen LogP contribution in [0.1, 0.15) is 0 Å². The van der Waals surface area contributed by atoms with Crippen LogP contribution >= 0.6 is 27.5 Å². The number of alkyl halides is 3. The van der Waals surface area contributed by atoms with Crippen molar-refractivity contribution >= 4 is 39.5 Å². The third-order valence-corrected chi connectivity index (χ3v) is 2.74. The molecule has 0 bridgehead atoms. The van der Waals surface area contributed by atoms with Crippen molar-refractivity contribution in [2.24, 2.45) is 0 Å². The number of imide groups is 1. The molecule has 116 valence electrons. The van der Waals surface area contributed by atoms with Crippen LogP contribution in [-0.4, -0.2) is 31.3 Å². The molecule has 21 heavy (non-hydrogen) atoms. The van der Waals surface area contributed by atoms with E-state index in [0.29, 0.717) is 4.47 Å². The quantitative estimate of drug-likeness (QED) is 0.832. The highest BCUT2D eigenvalue weighted by molar-refractivity contribution is 9.10. The highest BCUT2D eigenvalue weighted by Crippen LogP contribution is 2.27. The van der Waals surface area contributed by atoms with Gasteiger partial charge < -0.3 is 10.1 Å². The van der Waals surface area contributed by atoms with Crippen molar-refractivity contribution in [3.8, 4) is 5.75 Å². The predicted molar refractivity (Wildman–Crippen MR) is 72.2 cm³/mol. The number of ether oxygens (including phenoxy) is 1. The third kappa shape index (κ3) is 7.19.